The van der Waals surface area contributed by atoms with E-state index in [-0.39, 0.29) is 33.9 Å². The van der Waals surface area contributed by atoms with E-state index in [1.54, 1.807) is 11.0 Å². The highest BCUT2D eigenvalue weighted by Crippen LogP contribution is 2.68. The molecule has 8 rings (SSSR count). The first-order valence-corrected chi connectivity index (χ1v) is 13.1. The van der Waals surface area contributed by atoms with Gasteiger partial charge < -0.3 is 24.4 Å². The van der Waals surface area contributed by atoms with Crippen molar-refractivity contribution in [2.75, 3.05) is 31.7 Å². The number of aromatic nitrogens is 2. The fourth-order valence-electron chi connectivity index (χ4n) is 6.96. The normalized spacial score (nSPS) is 30.9. The zero-order valence-corrected chi connectivity index (χ0v) is 22.1. The van der Waals surface area contributed by atoms with Gasteiger partial charge in [0.05, 0.1) is 48.4 Å². The van der Waals surface area contributed by atoms with E-state index in [1.807, 2.05) is 39.0 Å². The van der Waals surface area contributed by atoms with Crippen LogP contribution in [0, 0.1) is 47.3 Å². The van der Waals surface area contributed by atoms with Crippen LogP contribution in [-0.2, 0) is 15.2 Å². The van der Waals surface area contributed by atoms with E-state index in [9.17, 15) is 10.1 Å². The molecule has 198 valence electrons. The summed E-state index contributed by atoms with van der Waals surface area (Å²) in [4.78, 5) is 25.1. The molecule has 2 bridgehead atoms. The molecule has 1 amide bonds. The molecule has 3 aliphatic carbocycles. The van der Waals surface area contributed by atoms with Gasteiger partial charge in [0, 0.05) is 18.2 Å². The van der Waals surface area contributed by atoms with Crippen molar-refractivity contribution in [2.24, 2.45) is 10.8 Å². The molecule has 0 radical (unpaired) electrons. The maximum Gasteiger partial charge on any atom is 0.275 e. The highest BCUT2D eigenvalue weighted by atomic mass is 16.5. The zero-order valence-electron chi connectivity index (χ0n) is 22.1. The van der Waals surface area contributed by atoms with Crippen molar-refractivity contribution in [2.45, 2.75) is 51.3 Å². The van der Waals surface area contributed by atoms with Crippen LogP contribution >= 0.6 is 0 Å². The smallest absolute Gasteiger partial charge is 0.275 e. The molecule has 1 spiro atoms. The summed E-state index contributed by atoms with van der Waals surface area (Å²) in [7, 11) is 0. The van der Waals surface area contributed by atoms with Gasteiger partial charge in [0.25, 0.3) is 5.91 Å². The largest absolute Gasteiger partial charge is 0.438 e. The number of benzene rings is 1. The average molecular weight is 525 g/mol. The first kappa shape index (κ1) is 24.1. The van der Waals surface area contributed by atoms with Crippen LogP contribution in [0.3, 0.4) is 0 Å². The van der Waals surface area contributed by atoms with Crippen molar-refractivity contribution in [3.05, 3.63) is 46.2 Å². The lowest BCUT2D eigenvalue weighted by Crippen LogP contribution is -2.70. The molecule has 1 aromatic heterocycles. The topological polar surface area (TPSA) is 133 Å². The molecule has 6 aliphatic rings. The molecule has 2 aromatic rings. The van der Waals surface area contributed by atoms with Crippen LogP contribution in [0.4, 0.5) is 5.95 Å². The van der Waals surface area contributed by atoms with Crippen LogP contribution in [0.25, 0.3) is 6.08 Å². The van der Waals surface area contributed by atoms with E-state index >= 15 is 0 Å². The zero-order chi connectivity index (χ0) is 27.2. The molecule has 3 aliphatic heterocycles. The second-order valence-electron chi connectivity index (χ2n) is 12.1. The summed E-state index contributed by atoms with van der Waals surface area (Å²) < 4.78 is 18.4. The second-order valence-corrected chi connectivity index (χ2v) is 12.1. The van der Waals surface area contributed by atoms with Crippen molar-refractivity contribution in [3.63, 3.8) is 0 Å². The molecule has 4 heterocycles. The third-order valence-corrected chi connectivity index (χ3v) is 8.95. The van der Waals surface area contributed by atoms with Gasteiger partial charge in [-0.05, 0) is 74.9 Å². The summed E-state index contributed by atoms with van der Waals surface area (Å²) in [5.41, 5.74) is 1.68. The van der Waals surface area contributed by atoms with Crippen LogP contribution in [-0.4, -0.2) is 52.7 Å². The molecule has 39 heavy (non-hydrogen) atoms. The first-order chi connectivity index (χ1) is 18.6. The maximum atomic E-state index is 13.8. The van der Waals surface area contributed by atoms with Crippen molar-refractivity contribution >= 4 is 17.9 Å². The van der Waals surface area contributed by atoms with Gasteiger partial charge in [-0.25, -0.2) is 4.98 Å². The molecule has 1 atom stereocenters. The Kier molecular flexibility index (Phi) is 4.80. The van der Waals surface area contributed by atoms with Crippen molar-refractivity contribution in [3.8, 4) is 23.8 Å². The highest BCUT2D eigenvalue weighted by molar-refractivity contribution is 5.99. The number of nitriles is 2. The van der Waals surface area contributed by atoms with Gasteiger partial charge in [-0.3, -0.25) is 4.79 Å². The quantitative estimate of drug-likeness (QED) is 0.577. The van der Waals surface area contributed by atoms with Gasteiger partial charge >= 0.3 is 0 Å². The summed E-state index contributed by atoms with van der Waals surface area (Å²) in [5, 5.41) is 21.8. The number of carbonyl (C=O) groups excluding carboxylic acids is 1. The molecule has 1 N–H and O–H groups in total. The predicted octanol–water partition coefficient (Wildman–Crippen LogP) is 3.96. The number of aryl methyl sites for hydroxylation is 2. The Hall–Kier alpha value is -3.99. The highest BCUT2D eigenvalue weighted by Gasteiger charge is 2.69. The van der Waals surface area contributed by atoms with Crippen LogP contribution in [0.2, 0.25) is 0 Å². The number of allylic oxidation sites excluding steroid dienone is 1. The standard InChI is InChI=1S/C29H28N6O4/c1-17-7-19(5-4-6-30)8-18(2)22(17)39-23-20-21(32-25(33-23)34-29-9-27(10-29,11-29)12-31)24(36)35-13-28(14-37-15-28)16-38-26(20,35)3/h4-5,7-8H,9-11,13-16H2,1-3H3,(H,32,33,34)/b5-4+. The number of nitrogens with one attached hydrogen (secondary N) is 1. The number of hydrogen-bond donors (Lipinski definition) is 1. The minimum absolute atomic E-state index is 0.204. The molecule has 3 saturated carbocycles. The fourth-order valence-corrected chi connectivity index (χ4v) is 6.96. The minimum Gasteiger partial charge on any atom is -0.438 e. The first-order valence-electron chi connectivity index (χ1n) is 13.1. The van der Waals surface area contributed by atoms with E-state index < -0.39 is 5.72 Å². The summed E-state index contributed by atoms with van der Waals surface area (Å²) in [6.07, 6.45) is 5.41. The van der Waals surface area contributed by atoms with E-state index in [1.165, 1.54) is 6.08 Å². The van der Waals surface area contributed by atoms with Gasteiger partial charge in [-0.2, -0.15) is 15.5 Å². The van der Waals surface area contributed by atoms with Crippen molar-refractivity contribution < 1.29 is 19.0 Å². The molecule has 2 saturated heterocycles. The SMILES string of the molecule is Cc1cc(/C=C/C#N)cc(C)c1Oc1nc(NC23CC(C#N)(C2)C3)nc2c1C1(C)OCC3(COC3)CN1C2=O. The molecule has 10 nitrogen and oxygen atoms in total. The van der Waals surface area contributed by atoms with E-state index in [2.05, 4.69) is 11.4 Å². The van der Waals surface area contributed by atoms with E-state index in [0.29, 0.717) is 43.6 Å². The number of nitrogens with zero attached hydrogens (tertiary/aromatic N) is 5. The molecular formula is C29H28N6O4. The molecule has 1 unspecified atom stereocenters. The Balaban J connectivity index is 1.30. The molecule has 5 fully saturated rings. The van der Waals surface area contributed by atoms with Crippen LogP contribution < -0.4 is 10.1 Å². The lowest BCUT2D eigenvalue weighted by atomic mass is 9.40. The number of rotatable bonds is 5. The van der Waals surface area contributed by atoms with Crippen LogP contribution in [0.15, 0.2) is 18.2 Å². The van der Waals surface area contributed by atoms with Crippen LogP contribution in [0.5, 0.6) is 11.6 Å². The number of carbonyl (C=O) groups is 1. The van der Waals surface area contributed by atoms with E-state index in [4.69, 9.17) is 29.4 Å². The third kappa shape index (κ3) is 3.35. The molecular weight excluding hydrogens is 496 g/mol. The predicted molar refractivity (Wildman–Crippen MR) is 139 cm³/mol. The summed E-state index contributed by atoms with van der Waals surface area (Å²) in [5.74, 6) is 0.997. The summed E-state index contributed by atoms with van der Waals surface area (Å²) in [6, 6.07) is 8.32. The van der Waals surface area contributed by atoms with Crippen LogP contribution in [0.1, 0.15) is 58.9 Å². The Bertz CT molecular complexity index is 1520. The number of ether oxygens (including phenoxy) is 3. The van der Waals surface area contributed by atoms with Crippen molar-refractivity contribution in [1.29, 1.82) is 10.5 Å². The number of hydrogen-bond acceptors (Lipinski definition) is 9. The average Bonchev–Trinajstić information content (AvgIpc) is 3.06. The van der Waals surface area contributed by atoms with Crippen molar-refractivity contribution in [1.82, 2.24) is 14.9 Å². The maximum absolute atomic E-state index is 13.8. The Morgan fingerprint density at radius 2 is 1.85 bits per heavy atom. The minimum atomic E-state index is -1.07. The lowest BCUT2D eigenvalue weighted by Gasteiger charge is -2.66. The fraction of sp³-hybridized carbons (Fsp3) is 0.483. The Morgan fingerprint density at radius 1 is 1.13 bits per heavy atom. The van der Waals surface area contributed by atoms with Gasteiger partial charge in [0.2, 0.25) is 11.8 Å². The number of anilines is 1. The molecule has 10 heteroatoms. The van der Waals surface area contributed by atoms with Gasteiger partial charge in [0.15, 0.2) is 5.72 Å². The number of amides is 1. The number of fused-ring (bicyclic) bond motifs is 3. The van der Waals surface area contributed by atoms with E-state index in [0.717, 1.165) is 36.0 Å². The molecule has 1 aromatic carbocycles. The van der Waals surface area contributed by atoms with Gasteiger partial charge in [-0.15, -0.1) is 0 Å². The van der Waals surface area contributed by atoms with Gasteiger partial charge in [0.1, 0.15) is 11.4 Å². The lowest BCUT2D eigenvalue weighted by molar-refractivity contribution is -0.259. The third-order valence-electron chi connectivity index (χ3n) is 8.95. The summed E-state index contributed by atoms with van der Waals surface area (Å²) in [6.45, 7) is 7.83. The van der Waals surface area contributed by atoms with Gasteiger partial charge in [-0.1, -0.05) is 0 Å². The second kappa shape index (κ2) is 7.78. The monoisotopic (exact) mass is 524 g/mol. The Labute approximate surface area is 226 Å². The Morgan fingerprint density at radius 3 is 2.46 bits per heavy atom. The summed E-state index contributed by atoms with van der Waals surface area (Å²) >= 11 is 0.